The second kappa shape index (κ2) is 7.23. The van der Waals surface area contributed by atoms with E-state index in [0.29, 0.717) is 13.0 Å². The Hall–Kier alpha value is -1.94. The van der Waals surface area contributed by atoms with Crippen LogP contribution in [0.2, 0.25) is 0 Å². The lowest BCUT2D eigenvalue weighted by Gasteiger charge is -2.24. The Kier molecular flexibility index (Phi) is 5.31. The first kappa shape index (κ1) is 19.8. The highest BCUT2D eigenvalue weighted by atomic mass is 32.2. The molecule has 0 spiro atoms. The topological polar surface area (TPSA) is 95.0 Å². The first-order valence-electron chi connectivity index (χ1n) is 8.47. The molecule has 0 amide bonds. The molecule has 2 aromatic carbocycles. The number of hydrogen-bond donors (Lipinski definition) is 1. The number of nitrogens with zero attached hydrogens (tertiary/aromatic N) is 2. The summed E-state index contributed by atoms with van der Waals surface area (Å²) in [7, 11) is -4.53. The minimum Gasteiger partial charge on any atom is -0.508 e. The number of phenolic OH excluding ortho intramolecular Hbond substituents is 1. The summed E-state index contributed by atoms with van der Waals surface area (Å²) in [6, 6.07) is 11.5. The fourth-order valence-corrected chi connectivity index (χ4v) is 5.77. The molecule has 1 unspecified atom stereocenters. The monoisotopic (exact) mass is 410 g/mol. The maximum absolute atomic E-state index is 13.1. The van der Waals surface area contributed by atoms with Gasteiger partial charge in [-0.2, -0.15) is 4.31 Å². The van der Waals surface area contributed by atoms with Crippen molar-refractivity contribution in [1.82, 2.24) is 8.61 Å². The lowest BCUT2D eigenvalue weighted by atomic mass is 10.1. The predicted octanol–water partition coefficient (Wildman–Crippen LogP) is 2.17. The fourth-order valence-electron chi connectivity index (χ4n) is 3.19. The average molecular weight is 411 g/mol. The van der Waals surface area contributed by atoms with Gasteiger partial charge in [-0.05, 0) is 54.8 Å². The standard InChI is InChI=1S/C18H22N2O5S2/c1-19(2)26(22,23)16-9-11-17(12-10-16)27(24,25)20-13-3-4-18(20)14-5-7-15(21)8-6-14/h5-12,18,21H,3-4,13H2,1-2H3. The van der Waals surface area contributed by atoms with Crippen LogP contribution in [0.1, 0.15) is 24.4 Å². The molecule has 3 rings (SSSR count). The molecule has 1 heterocycles. The van der Waals surface area contributed by atoms with E-state index in [4.69, 9.17) is 0 Å². The number of aromatic hydroxyl groups is 1. The van der Waals surface area contributed by atoms with Crippen LogP contribution in [0.25, 0.3) is 0 Å². The van der Waals surface area contributed by atoms with Gasteiger partial charge in [0.1, 0.15) is 5.75 Å². The lowest BCUT2D eigenvalue weighted by molar-refractivity contribution is 0.396. The van der Waals surface area contributed by atoms with E-state index in [-0.39, 0.29) is 21.6 Å². The van der Waals surface area contributed by atoms with Gasteiger partial charge in [0.25, 0.3) is 0 Å². The molecule has 1 fully saturated rings. The molecule has 7 nitrogen and oxygen atoms in total. The lowest BCUT2D eigenvalue weighted by Crippen LogP contribution is -2.30. The van der Waals surface area contributed by atoms with Crippen molar-refractivity contribution in [3.63, 3.8) is 0 Å². The minimum atomic E-state index is -3.77. The molecule has 1 aliphatic heterocycles. The van der Waals surface area contributed by atoms with Crippen molar-refractivity contribution in [1.29, 1.82) is 0 Å². The van der Waals surface area contributed by atoms with Gasteiger partial charge in [0, 0.05) is 20.6 Å². The molecular weight excluding hydrogens is 388 g/mol. The van der Waals surface area contributed by atoms with Crippen molar-refractivity contribution in [2.75, 3.05) is 20.6 Å². The maximum Gasteiger partial charge on any atom is 0.243 e. The second-order valence-corrected chi connectivity index (χ2v) is 10.7. The molecule has 1 saturated heterocycles. The van der Waals surface area contributed by atoms with Crippen LogP contribution in [0.15, 0.2) is 58.3 Å². The molecule has 146 valence electrons. The molecule has 0 aromatic heterocycles. The zero-order valence-corrected chi connectivity index (χ0v) is 16.7. The van der Waals surface area contributed by atoms with Crippen molar-refractivity contribution < 1.29 is 21.9 Å². The number of sulfonamides is 2. The Morgan fingerprint density at radius 2 is 1.48 bits per heavy atom. The Balaban J connectivity index is 1.92. The first-order chi connectivity index (χ1) is 12.6. The number of benzene rings is 2. The Morgan fingerprint density at radius 3 is 2.04 bits per heavy atom. The van der Waals surface area contributed by atoms with Gasteiger partial charge < -0.3 is 5.11 Å². The van der Waals surface area contributed by atoms with Crippen LogP contribution in [0.4, 0.5) is 0 Å². The van der Waals surface area contributed by atoms with Gasteiger partial charge in [0.05, 0.1) is 15.8 Å². The summed E-state index contributed by atoms with van der Waals surface area (Å²) in [6.45, 7) is 0.394. The van der Waals surface area contributed by atoms with Gasteiger partial charge in [-0.1, -0.05) is 12.1 Å². The van der Waals surface area contributed by atoms with Gasteiger partial charge >= 0.3 is 0 Å². The van der Waals surface area contributed by atoms with Crippen molar-refractivity contribution in [3.05, 3.63) is 54.1 Å². The largest absolute Gasteiger partial charge is 0.508 e. The van der Waals surface area contributed by atoms with Crippen LogP contribution in [-0.2, 0) is 20.0 Å². The molecule has 1 atom stereocenters. The summed E-state index contributed by atoms with van der Waals surface area (Å²) in [5.41, 5.74) is 0.820. The number of phenols is 1. The fraction of sp³-hybridized carbons (Fsp3) is 0.333. The molecule has 0 bridgehead atoms. The van der Waals surface area contributed by atoms with Crippen molar-refractivity contribution in [2.24, 2.45) is 0 Å². The summed E-state index contributed by atoms with van der Waals surface area (Å²) in [5.74, 6) is 0.129. The van der Waals surface area contributed by atoms with E-state index < -0.39 is 20.0 Å². The molecule has 2 aromatic rings. The normalized spacial score (nSPS) is 18.9. The summed E-state index contributed by atoms with van der Waals surface area (Å²) >= 11 is 0. The summed E-state index contributed by atoms with van der Waals surface area (Å²) in [5, 5.41) is 9.45. The van der Waals surface area contributed by atoms with Crippen molar-refractivity contribution >= 4 is 20.0 Å². The third-order valence-corrected chi connectivity index (χ3v) is 8.44. The van der Waals surface area contributed by atoms with Crippen LogP contribution in [0.3, 0.4) is 0 Å². The molecule has 9 heteroatoms. The van der Waals surface area contributed by atoms with Crippen LogP contribution in [0.5, 0.6) is 5.75 Å². The van der Waals surface area contributed by atoms with Crippen molar-refractivity contribution in [2.45, 2.75) is 28.7 Å². The zero-order valence-electron chi connectivity index (χ0n) is 15.1. The second-order valence-electron chi connectivity index (χ2n) is 6.62. The van der Waals surface area contributed by atoms with E-state index in [1.807, 2.05) is 0 Å². The molecule has 0 radical (unpaired) electrons. The van der Waals surface area contributed by atoms with Crippen LogP contribution in [0, 0.1) is 0 Å². The molecule has 27 heavy (non-hydrogen) atoms. The summed E-state index contributed by atoms with van der Waals surface area (Å²) < 4.78 is 53.0. The van der Waals surface area contributed by atoms with E-state index in [1.54, 1.807) is 24.3 Å². The Bertz CT molecular complexity index is 1010. The van der Waals surface area contributed by atoms with E-state index in [1.165, 1.54) is 42.7 Å². The predicted molar refractivity (Wildman–Crippen MR) is 101 cm³/mol. The highest BCUT2D eigenvalue weighted by Crippen LogP contribution is 2.37. The van der Waals surface area contributed by atoms with E-state index in [2.05, 4.69) is 0 Å². The van der Waals surface area contributed by atoms with E-state index in [9.17, 15) is 21.9 Å². The third kappa shape index (κ3) is 3.73. The van der Waals surface area contributed by atoms with Gasteiger partial charge in [-0.15, -0.1) is 0 Å². The number of rotatable bonds is 5. The van der Waals surface area contributed by atoms with Gasteiger partial charge in [0.2, 0.25) is 20.0 Å². The quantitative estimate of drug-likeness (QED) is 0.815. The van der Waals surface area contributed by atoms with Crippen LogP contribution in [-0.4, -0.2) is 51.2 Å². The molecule has 0 aliphatic carbocycles. The molecule has 1 N–H and O–H groups in total. The smallest absolute Gasteiger partial charge is 0.243 e. The number of hydrogen-bond acceptors (Lipinski definition) is 5. The summed E-state index contributed by atoms with van der Waals surface area (Å²) in [6.07, 6.45) is 1.43. The van der Waals surface area contributed by atoms with E-state index in [0.717, 1.165) is 16.3 Å². The van der Waals surface area contributed by atoms with E-state index >= 15 is 0 Å². The van der Waals surface area contributed by atoms with Gasteiger partial charge in [-0.3, -0.25) is 0 Å². The van der Waals surface area contributed by atoms with Crippen LogP contribution >= 0.6 is 0 Å². The van der Waals surface area contributed by atoms with Crippen LogP contribution < -0.4 is 0 Å². The third-order valence-electron chi connectivity index (χ3n) is 4.69. The highest BCUT2D eigenvalue weighted by molar-refractivity contribution is 7.89. The summed E-state index contributed by atoms with van der Waals surface area (Å²) in [4.78, 5) is 0.105. The molecular formula is C18H22N2O5S2. The SMILES string of the molecule is CN(C)S(=O)(=O)c1ccc(S(=O)(=O)N2CCCC2c2ccc(O)cc2)cc1. The zero-order chi connectivity index (χ0) is 19.8. The average Bonchev–Trinajstić information content (AvgIpc) is 3.13. The molecule has 1 aliphatic rings. The highest BCUT2D eigenvalue weighted by Gasteiger charge is 2.36. The van der Waals surface area contributed by atoms with Gasteiger partial charge in [-0.25, -0.2) is 21.1 Å². The Labute approximate surface area is 160 Å². The van der Waals surface area contributed by atoms with Crippen molar-refractivity contribution in [3.8, 4) is 5.75 Å². The first-order valence-corrected chi connectivity index (χ1v) is 11.4. The Morgan fingerprint density at radius 1 is 0.926 bits per heavy atom. The maximum atomic E-state index is 13.1. The molecule has 0 saturated carbocycles. The van der Waals surface area contributed by atoms with Gasteiger partial charge in [0.15, 0.2) is 0 Å². The minimum absolute atomic E-state index is 0.0444.